The van der Waals surface area contributed by atoms with Gasteiger partial charge in [0.1, 0.15) is 0 Å². The molecule has 0 bridgehead atoms. The first-order valence-corrected chi connectivity index (χ1v) is 8.18. The molecule has 1 heterocycles. The average molecular weight is 286 g/mol. The summed E-state index contributed by atoms with van der Waals surface area (Å²) in [5.41, 5.74) is 0. The fourth-order valence-electron chi connectivity index (χ4n) is 2.75. The second kappa shape index (κ2) is 7.03. The predicted octanol–water partition coefficient (Wildman–Crippen LogP) is 1.82. The lowest BCUT2D eigenvalue weighted by molar-refractivity contribution is -0.142. The van der Waals surface area contributed by atoms with Crippen LogP contribution in [0.25, 0.3) is 0 Å². The van der Waals surface area contributed by atoms with Crippen LogP contribution in [-0.2, 0) is 4.79 Å². The fraction of sp³-hybridized carbons (Fsp3) is 0.846. The number of aliphatic carboxylic acids is 1. The van der Waals surface area contributed by atoms with E-state index in [0.717, 1.165) is 25.0 Å². The molecule has 1 saturated carbocycles. The number of thioether (sulfide) groups is 1. The first-order valence-electron chi connectivity index (χ1n) is 7.02. The van der Waals surface area contributed by atoms with Crippen LogP contribution in [0.1, 0.15) is 38.5 Å². The lowest BCUT2D eigenvalue weighted by Crippen LogP contribution is -2.48. The van der Waals surface area contributed by atoms with Crippen molar-refractivity contribution in [3.05, 3.63) is 0 Å². The van der Waals surface area contributed by atoms with E-state index in [1.54, 1.807) is 0 Å². The molecule has 1 saturated heterocycles. The van der Waals surface area contributed by atoms with E-state index in [9.17, 15) is 9.59 Å². The van der Waals surface area contributed by atoms with Crippen molar-refractivity contribution in [3.8, 4) is 0 Å². The number of carbonyl (C=O) groups excluding carboxylic acids is 1. The standard InChI is InChI=1S/C13H22N2O3S/c16-12(17)9-3-5-10(6-4-9)14-13(18)15-11-2-1-7-19-8-11/h9-11H,1-8H2,(H,16,17)(H2,14,15,18). The van der Waals surface area contributed by atoms with Gasteiger partial charge >= 0.3 is 12.0 Å². The molecule has 2 amide bonds. The van der Waals surface area contributed by atoms with E-state index in [-0.39, 0.29) is 24.0 Å². The van der Waals surface area contributed by atoms with Crippen LogP contribution < -0.4 is 10.6 Å². The zero-order chi connectivity index (χ0) is 13.7. The fourth-order valence-corrected chi connectivity index (χ4v) is 3.82. The van der Waals surface area contributed by atoms with Crippen LogP contribution in [0.15, 0.2) is 0 Å². The maximum atomic E-state index is 11.8. The Morgan fingerprint density at radius 2 is 1.68 bits per heavy atom. The van der Waals surface area contributed by atoms with Crippen molar-refractivity contribution in [1.29, 1.82) is 0 Å². The van der Waals surface area contributed by atoms with Gasteiger partial charge in [0.15, 0.2) is 0 Å². The van der Waals surface area contributed by atoms with E-state index >= 15 is 0 Å². The van der Waals surface area contributed by atoms with Gasteiger partial charge in [0.25, 0.3) is 0 Å². The summed E-state index contributed by atoms with van der Waals surface area (Å²) in [5.74, 6) is 1.26. The molecule has 0 radical (unpaired) electrons. The topological polar surface area (TPSA) is 78.4 Å². The van der Waals surface area contributed by atoms with Gasteiger partial charge < -0.3 is 15.7 Å². The third-order valence-corrected chi connectivity index (χ3v) is 5.12. The third kappa shape index (κ3) is 4.60. The van der Waals surface area contributed by atoms with Crippen molar-refractivity contribution in [1.82, 2.24) is 10.6 Å². The molecule has 5 nitrogen and oxygen atoms in total. The van der Waals surface area contributed by atoms with Crippen molar-refractivity contribution in [2.45, 2.75) is 50.6 Å². The molecular weight excluding hydrogens is 264 g/mol. The molecule has 3 N–H and O–H groups in total. The molecule has 19 heavy (non-hydrogen) atoms. The Hall–Kier alpha value is -0.910. The minimum Gasteiger partial charge on any atom is -0.481 e. The highest BCUT2D eigenvalue weighted by Crippen LogP contribution is 2.24. The Labute approximate surface area is 117 Å². The molecule has 2 aliphatic rings. The summed E-state index contributed by atoms with van der Waals surface area (Å²) in [6.07, 6.45) is 5.10. The van der Waals surface area contributed by atoms with E-state index in [1.807, 2.05) is 11.8 Å². The van der Waals surface area contributed by atoms with E-state index in [0.29, 0.717) is 12.8 Å². The largest absolute Gasteiger partial charge is 0.481 e. The number of rotatable bonds is 3. The molecule has 0 aromatic heterocycles. The zero-order valence-corrected chi connectivity index (χ0v) is 11.9. The van der Waals surface area contributed by atoms with Crippen LogP contribution in [0, 0.1) is 5.92 Å². The van der Waals surface area contributed by atoms with E-state index < -0.39 is 5.97 Å². The van der Waals surface area contributed by atoms with Crippen LogP contribution in [0.3, 0.4) is 0 Å². The van der Waals surface area contributed by atoms with Crippen LogP contribution in [0.4, 0.5) is 4.79 Å². The SMILES string of the molecule is O=C(NC1CCC(C(=O)O)CC1)NC1CCCSC1. The van der Waals surface area contributed by atoms with Crippen LogP contribution >= 0.6 is 11.8 Å². The van der Waals surface area contributed by atoms with Gasteiger partial charge in [-0.3, -0.25) is 4.79 Å². The summed E-state index contributed by atoms with van der Waals surface area (Å²) >= 11 is 1.89. The van der Waals surface area contributed by atoms with Crippen molar-refractivity contribution >= 4 is 23.8 Å². The molecule has 108 valence electrons. The molecular formula is C13H22N2O3S. The highest BCUT2D eigenvalue weighted by atomic mass is 32.2. The van der Waals surface area contributed by atoms with Crippen molar-refractivity contribution < 1.29 is 14.7 Å². The van der Waals surface area contributed by atoms with Gasteiger partial charge in [0, 0.05) is 17.8 Å². The Morgan fingerprint density at radius 3 is 2.26 bits per heavy atom. The average Bonchev–Trinajstić information content (AvgIpc) is 2.40. The van der Waals surface area contributed by atoms with E-state index in [2.05, 4.69) is 10.6 Å². The Balaban J connectivity index is 1.67. The van der Waals surface area contributed by atoms with Gasteiger partial charge in [-0.05, 0) is 44.3 Å². The Kier molecular flexibility index (Phi) is 5.36. The summed E-state index contributed by atoms with van der Waals surface area (Å²) in [7, 11) is 0. The minimum atomic E-state index is -0.706. The first-order chi connectivity index (χ1) is 9.15. The molecule has 1 atom stereocenters. The number of urea groups is 1. The van der Waals surface area contributed by atoms with Crippen molar-refractivity contribution in [2.24, 2.45) is 5.92 Å². The monoisotopic (exact) mass is 286 g/mol. The van der Waals surface area contributed by atoms with Gasteiger partial charge in [-0.15, -0.1) is 0 Å². The van der Waals surface area contributed by atoms with Crippen LogP contribution in [-0.4, -0.2) is 40.7 Å². The molecule has 0 aromatic carbocycles. The number of hydrogen-bond donors (Lipinski definition) is 3. The Bertz CT molecular complexity index is 324. The summed E-state index contributed by atoms with van der Waals surface area (Å²) in [6.45, 7) is 0. The normalized spacial score (nSPS) is 31.5. The van der Waals surface area contributed by atoms with E-state index in [4.69, 9.17) is 5.11 Å². The third-order valence-electron chi connectivity index (χ3n) is 3.91. The van der Waals surface area contributed by atoms with Gasteiger partial charge in [0.2, 0.25) is 0 Å². The van der Waals surface area contributed by atoms with Crippen molar-refractivity contribution in [2.75, 3.05) is 11.5 Å². The number of carboxylic acid groups (broad SMARTS) is 1. The summed E-state index contributed by atoms with van der Waals surface area (Å²) < 4.78 is 0. The molecule has 2 fully saturated rings. The van der Waals surface area contributed by atoms with Gasteiger partial charge in [-0.25, -0.2) is 4.79 Å². The summed E-state index contributed by atoms with van der Waals surface area (Å²) in [5, 5.41) is 14.9. The van der Waals surface area contributed by atoms with Crippen molar-refractivity contribution in [3.63, 3.8) is 0 Å². The van der Waals surface area contributed by atoms with E-state index in [1.165, 1.54) is 12.2 Å². The predicted molar refractivity (Wildman–Crippen MR) is 75.4 cm³/mol. The molecule has 1 unspecified atom stereocenters. The molecule has 6 heteroatoms. The molecule has 0 aromatic rings. The quantitative estimate of drug-likeness (QED) is 0.739. The number of carbonyl (C=O) groups is 2. The number of amides is 2. The summed E-state index contributed by atoms with van der Waals surface area (Å²) in [4.78, 5) is 22.7. The maximum absolute atomic E-state index is 11.8. The molecule has 1 aliphatic carbocycles. The lowest BCUT2D eigenvalue weighted by Gasteiger charge is -2.28. The molecule has 2 rings (SSSR count). The Morgan fingerprint density at radius 1 is 1.00 bits per heavy atom. The number of hydrogen-bond acceptors (Lipinski definition) is 3. The smallest absolute Gasteiger partial charge is 0.315 e. The number of nitrogens with one attached hydrogen (secondary N) is 2. The van der Waals surface area contributed by atoms with Gasteiger partial charge in [-0.1, -0.05) is 0 Å². The lowest BCUT2D eigenvalue weighted by atomic mass is 9.86. The highest BCUT2D eigenvalue weighted by Gasteiger charge is 2.27. The second-order valence-electron chi connectivity index (χ2n) is 5.42. The van der Waals surface area contributed by atoms with Crippen LogP contribution in [0.5, 0.6) is 0 Å². The molecule has 0 spiro atoms. The maximum Gasteiger partial charge on any atom is 0.315 e. The second-order valence-corrected chi connectivity index (χ2v) is 6.57. The summed E-state index contributed by atoms with van der Waals surface area (Å²) in [6, 6.07) is 0.326. The number of carboxylic acids is 1. The van der Waals surface area contributed by atoms with Gasteiger partial charge in [0.05, 0.1) is 5.92 Å². The molecule has 1 aliphatic heterocycles. The van der Waals surface area contributed by atoms with Crippen LogP contribution in [0.2, 0.25) is 0 Å². The zero-order valence-electron chi connectivity index (χ0n) is 11.1. The first kappa shape index (κ1) is 14.5. The highest BCUT2D eigenvalue weighted by molar-refractivity contribution is 7.99. The van der Waals surface area contributed by atoms with Gasteiger partial charge in [-0.2, -0.15) is 11.8 Å². The minimum absolute atomic E-state index is 0.0914.